The molecule has 0 aliphatic carbocycles. The van der Waals surface area contributed by atoms with Gasteiger partial charge >= 0.3 is 5.69 Å². The van der Waals surface area contributed by atoms with Gasteiger partial charge in [0, 0.05) is 18.3 Å². The van der Waals surface area contributed by atoms with Gasteiger partial charge in [-0.1, -0.05) is 0 Å². The first-order chi connectivity index (χ1) is 6.11. The van der Waals surface area contributed by atoms with Crippen LogP contribution in [0, 0.1) is 17.0 Å². The summed E-state index contributed by atoms with van der Waals surface area (Å²) in [6.45, 7) is 4.64. The first kappa shape index (κ1) is 10.1. The fourth-order valence-electron chi connectivity index (χ4n) is 1.37. The zero-order valence-electron chi connectivity index (χ0n) is 7.90. The molecule has 1 heterocycles. The summed E-state index contributed by atoms with van der Waals surface area (Å²) in [5.41, 5.74) is 1.16. The summed E-state index contributed by atoms with van der Waals surface area (Å²) in [7, 11) is 0. The van der Waals surface area contributed by atoms with Crippen molar-refractivity contribution in [3.05, 3.63) is 21.9 Å². The number of nitro groups is 1. The van der Waals surface area contributed by atoms with E-state index in [1.54, 1.807) is 6.07 Å². The molecule has 5 heteroatoms. The van der Waals surface area contributed by atoms with E-state index in [1.165, 1.54) is 11.8 Å². The lowest BCUT2D eigenvalue weighted by molar-refractivity contribution is -0.387. The molecule has 1 aromatic heterocycles. The van der Waals surface area contributed by atoms with E-state index in [9.17, 15) is 10.1 Å². The fraction of sp³-hybridized carbons (Fsp3) is 0.500. The highest BCUT2D eigenvalue weighted by atomic mass is 32.2. The number of nitrogens with zero attached hydrogens (tertiary/aromatic N) is 2. The van der Waals surface area contributed by atoms with Crippen molar-refractivity contribution >= 4 is 17.4 Å². The van der Waals surface area contributed by atoms with Gasteiger partial charge in [0.05, 0.1) is 4.92 Å². The summed E-state index contributed by atoms with van der Waals surface area (Å²) < 4.78 is 1.95. The first-order valence-electron chi connectivity index (χ1n) is 4.00. The molecule has 13 heavy (non-hydrogen) atoms. The molecule has 1 aromatic rings. The molecule has 72 valence electrons. The van der Waals surface area contributed by atoms with Gasteiger partial charge in [-0.3, -0.25) is 10.1 Å². The van der Waals surface area contributed by atoms with Crippen LogP contribution in [0.15, 0.2) is 11.1 Å². The monoisotopic (exact) mass is 200 g/mol. The molecular weight excluding hydrogens is 188 g/mol. The minimum Gasteiger partial charge on any atom is -0.335 e. The third kappa shape index (κ3) is 1.70. The maximum absolute atomic E-state index is 10.6. The Bertz CT molecular complexity index is 333. The van der Waals surface area contributed by atoms with Crippen molar-refractivity contribution in [2.75, 3.05) is 6.26 Å². The van der Waals surface area contributed by atoms with Crippen molar-refractivity contribution in [3.8, 4) is 0 Å². The smallest absolute Gasteiger partial charge is 0.301 e. The van der Waals surface area contributed by atoms with Gasteiger partial charge in [-0.25, -0.2) is 0 Å². The zero-order chi connectivity index (χ0) is 10.0. The summed E-state index contributed by atoms with van der Waals surface area (Å²) in [5, 5.41) is 11.4. The maximum Gasteiger partial charge on any atom is 0.301 e. The highest BCUT2D eigenvalue weighted by Crippen LogP contribution is 2.30. The Morgan fingerprint density at radius 3 is 2.69 bits per heavy atom. The number of rotatable bonds is 3. The molecule has 0 bridgehead atoms. The zero-order valence-corrected chi connectivity index (χ0v) is 8.72. The Hall–Kier alpha value is -0.970. The molecule has 0 saturated carbocycles. The molecule has 0 aromatic carbocycles. The molecule has 0 atom stereocenters. The summed E-state index contributed by atoms with van der Waals surface area (Å²) in [6.07, 6.45) is 1.86. The van der Waals surface area contributed by atoms with E-state index in [-0.39, 0.29) is 10.6 Å². The van der Waals surface area contributed by atoms with Gasteiger partial charge in [0.2, 0.25) is 0 Å². The second kappa shape index (κ2) is 3.83. The third-order valence-corrected chi connectivity index (χ3v) is 2.76. The van der Waals surface area contributed by atoms with E-state index in [0.717, 1.165) is 17.3 Å². The van der Waals surface area contributed by atoms with Gasteiger partial charge in [0.1, 0.15) is 0 Å². The predicted molar refractivity (Wildman–Crippen MR) is 53.3 cm³/mol. The highest BCUT2D eigenvalue weighted by Gasteiger charge is 2.19. The Labute approximate surface area is 81.1 Å². The molecule has 0 saturated heterocycles. The Kier molecular flexibility index (Phi) is 2.98. The Morgan fingerprint density at radius 1 is 1.69 bits per heavy atom. The molecule has 0 fully saturated rings. The Balaban J connectivity index is 3.29. The van der Waals surface area contributed by atoms with E-state index >= 15 is 0 Å². The van der Waals surface area contributed by atoms with Crippen molar-refractivity contribution in [2.45, 2.75) is 25.4 Å². The lowest BCUT2D eigenvalue weighted by Crippen LogP contribution is -1.98. The molecule has 0 radical (unpaired) electrons. The average molecular weight is 200 g/mol. The van der Waals surface area contributed by atoms with Crippen LogP contribution in [0.4, 0.5) is 5.69 Å². The predicted octanol–water partition coefficient (Wildman–Crippen LogP) is 2.45. The quantitative estimate of drug-likeness (QED) is 0.428. The number of thioether (sulfide) groups is 1. The van der Waals surface area contributed by atoms with E-state index in [4.69, 9.17) is 0 Å². The average Bonchev–Trinajstić information content (AvgIpc) is 2.41. The summed E-state index contributed by atoms with van der Waals surface area (Å²) in [5.74, 6) is 0. The van der Waals surface area contributed by atoms with Crippen LogP contribution >= 0.6 is 11.8 Å². The van der Waals surface area contributed by atoms with Gasteiger partial charge in [-0.15, -0.1) is 11.8 Å². The summed E-state index contributed by atoms with van der Waals surface area (Å²) >= 11 is 1.42. The highest BCUT2D eigenvalue weighted by molar-refractivity contribution is 7.98. The van der Waals surface area contributed by atoms with Crippen molar-refractivity contribution in [1.29, 1.82) is 0 Å². The second-order valence-corrected chi connectivity index (χ2v) is 3.48. The van der Waals surface area contributed by atoms with Crippen molar-refractivity contribution in [1.82, 2.24) is 4.57 Å². The van der Waals surface area contributed by atoms with Crippen LogP contribution < -0.4 is 0 Å². The minimum atomic E-state index is -0.328. The van der Waals surface area contributed by atoms with Gasteiger partial charge in [0.15, 0.2) is 5.03 Å². The molecule has 4 nitrogen and oxygen atoms in total. The van der Waals surface area contributed by atoms with Gasteiger partial charge < -0.3 is 4.57 Å². The van der Waals surface area contributed by atoms with Gasteiger partial charge in [0.25, 0.3) is 0 Å². The van der Waals surface area contributed by atoms with Crippen LogP contribution in [0.3, 0.4) is 0 Å². The normalized spacial score (nSPS) is 10.4. The lowest BCUT2D eigenvalue weighted by atomic mass is 10.4. The molecular formula is C8H12N2O2S. The van der Waals surface area contributed by atoms with E-state index in [2.05, 4.69) is 0 Å². The molecule has 0 unspecified atom stereocenters. The first-order valence-corrected chi connectivity index (χ1v) is 5.22. The summed E-state index contributed by atoms with van der Waals surface area (Å²) in [6, 6.07) is 1.62. The molecule has 0 N–H and O–H groups in total. The molecule has 0 aliphatic heterocycles. The van der Waals surface area contributed by atoms with Crippen molar-refractivity contribution in [2.24, 2.45) is 0 Å². The third-order valence-electron chi connectivity index (χ3n) is 1.94. The van der Waals surface area contributed by atoms with E-state index in [0.29, 0.717) is 0 Å². The fourth-order valence-corrected chi connectivity index (χ4v) is 2.21. The van der Waals surface area contributed by atoms with Crippen LogP contribution in [0.5, 0.6) is 0 Å². The van der Waals surface area contributed by atoms with Crippen LogP contribution in [0.1, 0.15) is 12.6 Å². The van der Waals surface area contributed by atoms with Crippen LogP contribution in [0.25, 0.3) is 0 Å². The lowest BCUT2D eigenvalue weighted by Gasteiger charge is -2.04. The van der Waals surface area contributed by atoms with Gasteiger partial charge in [-0.2, -0.15) is 0 Å². The molecule has 0 aliphatic rings. The Morgan fingerprint density at radius 2 is 2.31 bits per heavy atom. The van der Waals surface area contributed by atoms with Crippen LogP contribution in [-0.2, 0) is 6.54 Å². The standard InChI is InChI=1S/C8H12N2O2S/c1-4-9-6(2)5-7(10(11)12)8(9)13-3/h5H,4H2,1-3H3. The number of aromatic nitrogens is 1. The van der Waals surface area contributed by atoms with E-state index in [1.807, 2.05) is 24.7 Å². The largest absolute Gasteiger partial charge is 0.335 e. The van der Waals surface area contributed by atoms with Crippen LogP contribution in [-0.4, -0.2) is 15.7 Å². The topological polar surface area (TPSA) is 48.1 Å². The number of hydrogen-bond acceptors (Lipinski definition) is 3. The SMILES string of the molecule is CCn1c(C)cc([N+](=O)[O-])c1SC. The van der Waals surface area contributed by atoms with E-state index < -0.39 is 0 Å². The number of hydrogen-bond donors (Lipinski definition) is 0. The minimum absolute atomic E-state index is 0.215. The maximum atomic E-state index is 10.6. The van der Waals surface area contributed by atoms with Crippen LogP contribution in [0.2, 0.25) is 0 Å². The van der Waals surface area contributed by atoms with Crippen molar-refractivity contribution < 1.29 is 4.92 Å². The molecule has 1 rings (SSSR count). The molecule has 0 spiro atoms. The molecule has 0 amide bonds. The van der Waals surface area contributed by atoms with Gasteiger partial charge in [-0.05, 0) is 20.1 Å². The second-order valence-electron chi connectivity index (χ2n) is 2.68. The number of aryl methyl sites for hydroxylation is 1. The summed E-state index contributed by atoms with van der Waals surface area (Å²) in [4.78, 5) is 10.3. The van der Waals surface area contributed by atoms with Crippen molar-refractivity contribution in [3.63, 3.8) is 0 Å².